The van der Waals surface area contributed by atoms with E-state index < -0.39 is 0 Å². The highest BCUT2D eigenvalue weighted by atomic mass is 16.5. The molecule has 1 N–H and O–H groups in total. The third kappa shape index (κ3) is 3.09. The lowest BCUT2D eigenvalue weighted by Crippen LogP contribution is -2.41. The monoisotopic (exact) mass is 371 g/mol. The molecule has 0 radical (unpaired) electrons. The Labute approximate surface area is 162 Å². The smallest absolute Gasteiger partial charge is 0.253 e. The number of rotatable bonds is 3. The molecular weight excluding hydrogens is 350 g/mol. The van der Waals surface area contributed by atoms with Crippen LogP contribution in [0.15, 0.2) is 67.0 Å². The van der Waals surface area contributed by atoms with Crippen LogP contribution in [0.3, 0.4) is 0 Å². The van der Waals surface area contributed by atoms with Crippen molar-refractivity contribution in [1.82, 2.24) is 14.9 Å². The number of ether oxygens (including phenoxy) is 1. The van der Waals surface area contributed by atoms with Gasteiger partial charge in [0.05, 0.1) is 0 Å². The highest BCUT2D eigenvalue weighted by Gasteiger charge is 2.25. The molecular formula is C23H21N3O2. The number of aromatic amines is 1. The Morgan fingerprint density at radius 1 is 1.04 bits per heavy atom. The van der Waals surface area contributed by atoms with E-state index in [0.29, 0.717) is 13.1 Å². The number of amides is 1. The Balaban J connectivity index is 1.26. The lowest BCUT2D eigenvalue weighted by molar-refractivity contribution is 0.0598. The van der Waals surface area contributed by atoms with Crippen molar-refractivity contribution in [2.45, 2.75) is 18.9 Å². The maximum Gasteiger partial charge on any atom is 0.253 e. The summed E-state index contributed by atoms with van der Waals surface area (Å²) in [6, 6.07) is 17.8. The molecule has 1 amide bonds. The fraction of sp³-hybridized carbons (Fsp3) is 0.217. The van der Waals surface area contributed by atoms with Gasteiger partial charge in [-0.1, -0.05) is 18.2 Å². The van der Waals surface area contributed by atoms with Gasteiger partial charge in [-0.05, 0) is 36.4 Å². The minimum Gasteiger partial charge on any atom is -0.488 e. The van der Waals surface area contributed by atoms with Crippen LogP contribution in [0.1, 0.15) is 23.2 Å². The van der Waals surface area contributed by atoms with Crippen molar-refractivity contribution < 1.29 is 9.53 Å². The maximum absolute atomic E-state index is 12.9. The standard InChI is InChI=1S/C23H21N3O2/c27-23(18-6-7-20-17(15-18)8-12-24-20)26-13-9-19(10-14-26)28-21-5-1-3-16-4-2-11-25-22(16)21/h1-8,11-12,15,19,24H,9-10,13-14H2. The average molecular weight is 371 g/mol. The zero-order chi connectivity index (χ0) is 18.9. The van der Waals surface area contributed by atoms with Crippen molar-refractivity contribution >= 4 is 27.7 Å². The molecule has 140 valence electrons. The molecule has 0 saturated carbocycles. The lowest BCUT2D eigenvalue weighted by Gasteiger charge is -2.32. The number of fused-ring (bicyclic) bond motifs is 2. The summed E-state index contributed by atoms with van der Waals surface area (Å²) in [5.74, 6) is 0.911. The first kappa shape index (κ1) is 16.8. The van der Waals surface area contributed by atoms with Crippen LogP contribution in [-0.2, 0) is 0 Å². The Kier molecular flexibility index (Phi) is 4.20. The number of likely N-dealkylation sites (tertiary alicyclic amines) is 1. The van der Waals surface area contributed by atoms with Gasteiger partial charge in [-0.3, -0.25) is 9.78 Å². The number of carbonyl (C=O) groups is 1. The third-order valence-electron chi connectivity index (χ3n) is 5.42. The minimum atomic E-state index is 0.0911. The van der Waals surface area contributed by atoms with Crippen LogP contribution < -0.4 is 4.74 Å². The van der Waals surface area contributed by atoms with Crippen LogP contribution in [0.4, 0.5) is 0 Å². The minimum absolute atomic E-state index is 0.0911. The van der Waals surface area contributed by atoms with Crippen LogP contribution in [-0.4, -0.2) is 40.0 Å². The summed E-state index contributed by atoms with van der Waals surface area (Å²) < 4.78 is 6.24. The Morgan fingerprint density at radius 2 is 1.89 bits per heavy atom. The number of aromatic nitrogens is 2. The third-order valence-corrected chi connectivity index (χ3v) is 5.42. The second kappa shape index (κ2) is 7.00. The van der Waals surface area contributed by atoms with Crippen molar-refractivity contribution in [1.29, 1.82) is 0 Å². The van der Waals surface area contributed by atoms with E-state index in [4.69, 9.17) is 4.74 Å². The summed E-state index contributed by atoms with van der Waals surface area (Å²) in [6.07, 6.45) is 5.42. The predicted octanol–water partition coefficient (Wildman–Crippen LogP) is 4.40. The van der Waals surface area contributed by atoms with Crippen molar-refractivity contribution in [3.05, 3.63) is 72.6 Å². The van der Waals surface area contributed by atoms with Gasteiger partial charge in [0.15, 0.2) is 0 Å². The summed E-state index contributed by atoms with van der Waals surface area (Å²) >= 11 is 0. The van der Waals surface area contributed by atoms with Gasteiger partial charge >= 0.3 is 0 Å². The predicted molar refractivity (Wildman–Crippen MR) is 110 cm³/mol. The molecule has 5 nitrogen and oxygen atoms in total. The van der Waals surface area contributed by atoms with E-state index in [0.717, 1.165) is 46.0 Å². The van der Waals surface area contributed by atoms with Gasteiger partial charge in [0.1, 0.15) is 17.4 Å². The Morgan fingerprint density at radius 3 is 2.79 bits per heavy atom. The molecule has 1 fully saturated rings. The molecule has 1 aliphatic rings. The van der Waals surface area contributed by atoms with Gasteiger partial charge < -0.3 is 14.6 Å². The first-order chi connectivity index (χ1) is 13.8. The van der Waals surface area contributed by atoms with Crippen LogP contribution in [0.5, 0.6) is 5.75 Å². The molecule has 0 aliphatic carbocycles. The summed E-state index contributed by atoms with van der Waals surface area (Å²) in [4.78, 5) is 22.4. The highest BCUT2D eigenvalue weighted by molar-refractivity contribution is 5.98. The van der Waals surface area contributed by atoms with Gasteiger partial charge in [0.25, 0.3) is 5.91 Å². The summed E-state index contributed by atoms with van der Waals surface area (Å²) in [6.45, 7) is 1.40. The van der Waals surface area contributed by atoms with E-state index in [2.05, 4.69) is 9.97 Å². The largest absolute Gasteiger partial charge is 0.488 e. The first-order valence-electron chi connectivity index (χ1n) is 9.65. The molecule has 2 aromatic heterocycles. The number of H-pyrrole nitrogens is 1. The van der Waals surface area contributed by atoms with E-state index in [-0.39, 0.29) is 12.0 Å². The Hall–Kier alpha value is -3.34. The maximum atomic E-state index is 12.9. The number of hydrogen-bond acceptors (Lipinski definition) is 3. The molecule has 1 aliphatic heterocycles. The van der Waals surface area contributed by atoms with Crippen molar-refractivity contribution in [2.75, 3.05) is 13.1 Å². The van der Waals surface area contributed by atoms with Crippen LogP contribution in [0, 0.1) is 0 Å². The van der Waals surface area contributed by atoms with E-state index in [9.17, 15) is 4.79 Å². The van der Waals surface area contributed by atoms with E-state index >= 15 is 0 Å². The Bertz CT molecular complexity index is 1140. The van der Waals surface area contributed by atoms with E-state index in [1.54, 1.807) is 6.20 Å². The number of para-hydroxylation sites is 1. The molecule has 0 spiro atoms. The number of nitrogens with one attached hydrogen (secondary N) is 1. The normalized spacial score (nSPS) is 15.2. The van der Waals surface area contributed by atoms with Crippen LogP contribution >= 0.6 is 0 Å². The molecule has 28 heavy (non-hydrogen) atoms. The fourth-order valence-corrected chi connectivity index (χ4v) is 3.90. The van der Waals surface area contributed by atoms with Crippen LogP contribution in [0.25, 0.3) is 21.8 Å². The second-order valence-corrected chi connectivity index (χ2v) is 7.22. The number of nitrogens with zero attached hydrogens (tertiary/aromatic N) is 2. The van der Waals surface area contributed by atoms with Gasteiger partial charge in [-0.25, -0.2) is 0 Å². The molecule has 0 atom stereocenters. The fourth-order valence-electron chi connectivity index (χ4n) is 3.90. The topological polar surface area (TPSA) is 58.2 Å². The van der Waals surface area contributed by atoms with Crippen LogP contribution in [0.2, 0.25) is 0 Å². The molecule has 5 rings (SSSR count). The SMILES string of the molecule is O=C(c1ccc2[nH]ccc2c1)N1CCC(Oc2cccc3cccnc23)CC1. The summed E-state index contributed by atoms with van der Waals surface area (Å²) in [7, 11) is 0. The summed E-state index contributed by atoms with van der Waals surface area (Å²) in [5.41, 5.74) is 2.68. The van der Waals surface area contributed by atoms with Gasteiger partial charge in [0.2, 0.25) is 0 Å². The van der Waals surface area contributed by atoms with Crippen molar-refractivity contribution in [2.24, 2.45) is 0 Å². The van der Waals surface area contributed by atoms with E-state index in [1.807, 2.05) is 65.7 Å². The molecule has 4 aromatic rings. The van der Waals surface area contributed by atoms with Gasteiger partial charge in [-0.2, -0.15) is 0 Å². The molecule has 0 unspecified atom stereocenters. The zero-order valence-electron chi connectivity index (χ0n) is 15.5. The quantitative estimate of drug-likeness (QED) is 0.581. The first-order valence-corrected chi connectivity index (χ1v) is 9.65. The number of carbonyl (C=O) groups excluding carboxylic acids is 1. The lowest BCUT2D eigenvalue weighted by atomic mass is 10.1. The number of hydrogen-bond donors (Lipinski definition) is 1. The van der Waals surface area contributed by atoms with Crippen molar-refractivity contribution in [3.63, 3.8) is 0 Å². The van der Waals surface area contributed by atoms with Gasteiger partial charge in [0, 0.05) is 60.2 Å². The molecule has 2 aromatic carbocycles. The van der Waals surface area contributed by atoms with Crippen molar-refractivity contribution in [3.8, 4) is 5.75 Å². The molecule has 3 heterocycles. The van der Waals surface area contributed by atoms with Gasteiger partial charge in [-0.15, -0.1) is 0 Å². The highest BCUT2D eigenvalue weighted by Crippen LogP contribution is 2.27. The second-order valence-electron chi connectivity index (χ2n) is 7.22. The number of pyridine rings is 1. The number of benzene rings is 2. The molecule has 1 saturated heterocycles. The number of piperidine rings is 1. The summed E-state index contributed by atoms with van der Waals surface area (Å²) in [5, 5.41) is 2.14. The zero-order valence-corrected chi connectivity index (χ0v) is 15.5. The molecule has 5 heteroatoms. The average Bonchev–Trinajstić information content (AvgIpc) is 3.22. The van der Waals surface area contributed by atoms with E-state index in [1.165, 1.54) is 0 Å². The molecule has 0 bridgehead atoms.